The van der Waals surface area contributed by atoms with Crippen LogP contribution >= 0.6 is 0 Å². The summed E-state index contributed by atoms with van der Waals surface area (Å²) in [7, 11) is 0. The number of rotatable bonds is 2. The molecule has 0 fully saturated rings. The molecule has 0 atom stereocenters. The molecule has 4 nitrogen and oxygen atoms in total. The van der Waals surface area contributed by atoms with Crippen molar-refractivity contribution in [3.8, 4) is 6.07 Å². The number of aromatic nitrogens is 2. The first kappa shape index (κ1) is 11.0. The van der Waals surface area contributed by atoms with Crippen molar-refractivity contribution in [1.29, 1.82) is 5.26 Å². The van der Waals surface area contributed by atoms with Gasteiger partial charge in [-0.15, -0.1) is 0 Å². The molecule has 0 spiro atoms. The van der Waals surface area contributed by atoms with E-state index in [1.807, 2.05) is 16.8 Å². The fraction of sp³-hybridized carbons (Fsp3) is 0.286. The lowest BCUT2D eigenvalue weighted by atomic mass is 10.2. The Balaban J connectivity index is 1.73. The normalized spacial score (nSPS) is 15.1. The van der Waals surface area contributed by atoms with Crippen molar-refractivity contribution in [2.45, 2.75) is 19.6 Å². The second-order valence-electron chi connectivity index (χ2n) is 4.55. The minimum absolute atomic E-state index is 0.520. The third-order valence-corrected chi connectivity index (χ3v) is 3.24. The lowest BCUT2D eigenvalue weighted by Gasteiger charge is -2.27. The predicted octanol–water partition coefficient (Wildman–Crippen LogP) is 1.77. The summed E-state index contributed by atoms with van der Waals surface area (Å²) < 4.78 is 1.94. The highest BCUT2D eigenvalue weighted by Gasteiger charge is 2.18. The summed E-state index contributed by atoms with van der Waals surface area (Å²) >= 11 is 0. The van der Waals surface area contributed by atoms with E-state index in [2.05, 4.69) is 40.3 Å². The lowest BCUT2D eigenvalue weighted by Crippen LogP contribution is -2.33. The van der Waals surface area contributed by atoms with E-state index in [4.69, 9.17) is 5.26 Å². The van der Waals surface area contributed by atoms with Gasteiger partial charge in [0.2, 0.25) is 0 Å². The first-order valence-electron chi connectivity index (χ1n) is 6.08. The summed E-state index contributed by atoms with van der Waals surface area (Å²) in [6.45, 7) is 3.66. The van der Waals surface area contributed by atoms with Crippen LogP contribution in [0.5, 0.6) is 0 Å². The molecule has 1 aliphatic heterocycles. The Labute approximate surface area is 106 Å². The van der Waals surface area contributed by atoms with Crippen molar-refractivity contribution in [1.82, 2.24) is 14.7 Å². The van der Waals surface area contributed by atoms with Crippen LogP contribution in [0.15, 0.2) is 36.4 Å². The number of nitriles is 1. The summed E-state index contributed by atoms with van der Waals surface area (Å²) in [5, 5.41) is 13.1. The summed E-state index contributed by atoms with van der Waals surface area (Å²) in [6, 6.07) is 14.4. The van der Waals surface area contributed by atoms with Gasteiger partial charge in [0, 0.05) is 19.6 Å². The van der Waals surface area contributed by atoms with Crippen LogP contribution in [0.4, 0.5) is 0 Å². The van der Waals surface area contributed by atoms with E-state index in [0.29, 0.717) is 5.69 Å². The van der Waals surface area contributed by atoms with Crippen LogP contribution in [0.1, 0.15) is 17.0 Å². The molecule has 0 aliphatic carbocycles. The molecule has 0 saturated carbocycles. The molecular formula is C14H14N4. The molecule has 0 unspecified atom stereocenters. The third kappa shape index (κ3) is 2.13. The van der Waals surface area contributed by atoms with E-state index in [-0.39, 0.29) is 0 Å². The molecule has 3 rings (SSSR count). The van der Waals surface area contributed by atoms with Crippen molar-refractivity contribution in [2.24, 2.45) is 0 Å². The quantitative estimate of drug-likeness (QED) is 0.801. The van der Waals surface area contributed by atoms with Gasteiger partial charge >= 0.3 is 0 Å². The Morgan fingerprint density at radius 1 is 1.22 bits per heavy atom. The highest BCUT2D eigenvalue weighted by atomic mass is 15.3. The zero-order chi connectivity index (χ0) is 12.4. The van der Waals surface area contributed by atoms with E-state index in [1.54, 1.807) is 0 Å². The lowest BCUT2D eigenvalue weighted by molar-refractivity contribution is 0.205. The molecule has 1 aromatic carbocycles. The van der Waals surface area contributed by atoms with Crippen LogP contribution in [-0.4, -0.2) is 21.2 Å². The van der Waals surface area contributed by atoms with Gasteiger partial charge in [-0.2, -0.15) is 10.4 Å². The molecular weight excluding hydrogens is 224 g/mol. The van der Waals surface area contributed by atoms with E-state index in [9.17, 15) is 0 Å². The second-order valence-corrected chi connectivity index (χ2v) is 4.55. The average molecular weight is 238 g/mol. The molecule has 0 bridgehead atoms. The van der Waals surface area contributed by atoms with Crippen LogP contribution in [0.2, 0.25) is 0 Å². The first-order chi connectivity index (χ1) is 8.85. The van der Waals surface area contributed by atoms with Gasteiger partial charge < -0.3 is 0 Å². The fourth-order valence-corrected chi connectivity index (χ4v) is 2.35. The third-order valence-electron chi connectivity index (χ3n) is 3.24. The summed E-state index contributed by atoms with van der Waals surface area (Å²) in [6.07, 6.45) is 0. The average Bonchev–Trinajstić information content (AvgIpc) is 2.82. The Kier molecular flexibility index (Phi) is 2.83. The molecule has 90 valence electrons. The minimum atomic E-state index is 0.520. The molecule has 0 saturated heterocycles. The summed E-state index contributed by atoms with van der Waals surface area (Å²) in [5.74, 6) is 0. The predicted molar refractivity (Wildman–Crippen MR) is 67.5 cm³/mol. The summed E-state index contributed by atoms with van der Waals surface area (Å²) in [5.41, 5.74) is 2.98. The van der Waals surface area contributed by atoms with Gasteiger partial charge in [-0.05, 0) is 11.6 Å². The molecule has 1 aromatic heterocycles. The number of hydrogen-bond donors (Lipinski definition) is 0. The zero-order valence-corrected chi connectivity index (χ0v) is 10.1. The number of benzene rings is 1. The highest BCUT2D eigenvalue weighted by molar-refractivity contribution is 5.23. The van der Waals surface area contributed by atoms with Gasteiger partial charge in [-0.25, -0.2) is 0 Å². The Morgan fingerprint density at radius 3 is 2.83 bits per heavy atom. The largest absolute Gasteiger partial charge is 0.291 e. The van der Waals surface area contributed by atoms with Crippen molar-refractivity contribution in [3.05, 3.63) is 53.3 Å². The molecule has 4 heteroatoms. The van der Waals surface area contributed by atoms with E-state index >= 15 is 0 Å². The maximum atomic E-state index is 8.85. The monoisotopic (exact) mass is 238 g/mol. The molecule has 0 radical (unpaired) electrons. The standard InChI is InChI=1S/C14H14N4/c15-9-13-8-14-11-17(6-7-18(14)16-13)10-12-4-2-1-3-5-12/h1-5,8H,6-7,10-11H2. The van der Waals surface area contributed by atoms with Gasteiger partial charge in [0.05, 0.1) is 12.2 Å². The van der Waals surface area contributed by atoms with E-state index in [1.165, 1.54) is 5.56 Å². The Hall–Kier alpha value is -2.12. The SMILES string of the molecule is N#Cc1cc2n(n1)CCN(Cc1ccccc1)C2. The number of hydrogen-bond acceptors (Lipinski definition) is 3. The summed E-state index contributed by atoms with van der Waals surface area (Å²) in [4.78, 5) is 2.38. The van der Waals surface area contributed by atoms with Crippen molar-refractivity contribution in [2.75, 3.05) is 6.54 Å². The molecule has 2 heterocycles. The number of nitrogens with zero attached hydrogens (tertiary/aromatic N) is 4. The maximum absolute atomic E-state index is 8.85. The topological polar surface area (TPSA) is 44.9 Å². The maximum Gasteiger partial charge on any atom is 0.162 e. The van der Waals surface area contributed by atoms with Gasteiger partial charge in [0.15, 0.2) is 5.69 Å². The minimum Gasteiger partial charge on any atom is -0.291 e. The molecule has 2 aromatic rings. The molecule has 18 heavy (non-hydrogen) atoms. The van der Waals surface area contributed by atoms with E-state index in [0.717, 1.165) is 31.9 Å². The van der Waals surface area contributed by atoms with Crippen molar-refractivity contribution >= 4 is 0 Å². The molecule has 0 amide bonds. The second kappa shape index (κ2) is 4.63. The Morgan fingerprint density at radius 2 is 2.06 bits per heavy atom. The Bertz CT molecular complexity index is 580. The molecule has 0 N–H and O–H groups in total. The fourth-order valence-electron chi connectivity index (χ4n) is 2.35. The van der Waals surface area contributed by atoms with Gasteiger partial charge in [-0.3, -0.25) is 9.58 Å². The smallest absolute Gasteiger partial charge is 0.162 e. The van der Waals surface area contributed by atoms with Crippen LogP contribution < -0.4 is 0 Å². The van der Waals surface area contributed by atoms with Crippen LogP contribution in [0.25, 0.3) is 0 Å². The molecule has 1 aliphatic rings. The first-order valence-corrected chi connectivity index (χ1v) is 6.08. The van der Waals surface area contributed by atoms with Gasteiger partial charge in [0.25, 0.3) is 0 Å². The van der Waals surface area contributed by atoms with Gasteiger partial charge in [-0.1, -0.05) is 30.3 Å². The van der Waals surface area contributed by atoms with Gasteiger partial charge in [0.1, 0.15) is 6.07 Å². The van der Waals surface area contributed by atoms with Crippen LogP contribution in [0, 0.1) is 11.3 Å². The van der Waals surface area contributed by atoms with Crippen molar-refractivity contribution in [3.63, 3.8) is 0 Å². The highest BCUT2D eigenvalue weighted by Crippen LogP contribution is 2.15. The van der Waals surface area contributed by atoms with Crippen molar-refractivity contribution < 1.29 is 0 Å². The van der Waals surface area contributed by atoms with E-state index < -0.39 is 0 Å². The van der Waals surface area contributed by atoms with Crippen LogP contribution in [0.3, 0.4) is 0 Å². The van der Waals surface area contributed by atoms with Crippen LogP contribution in [-0.2, 0) is 19.6 Å². The number of fused-ring (bicyclic) bond motifs is 1. The zero-order valence-electron chi connectivity index (χ0n) is 10.1.